The van der Waals surface area contributed by atoms with Gasteiger partial charge in [0, 0.05) is 18.2 Å². The van der Waals surface area contributed by atoms with Crippen LogP contribution in [0.5, 0.6) is 0 Å². The fourth-order valence-electron chi connectivity index (χ4n) is 1.88. The molecule has 6 heteroatoms. The first kappa shape index (κ1) is 14.9. The highest BCUT2D eigenvalue weighted by atomic mass is 35.5. The van der Waals surface area contributed by atoms with Crippen molar-refractivity contribution in [2.24, 2.45) is 0 Å². The lowest BCUT2D eigenvalue weighted by Crippen LogP contribution is -2.40. The van der Waals surface area contributed by atoms with Crippen LogP contribution in [0, 0.1) is 11.6 Å². The minimum absolute atomic E-state index is 0. The Morgan fingerprint density at radius 2 is 2.22 bits per heavy atom. The van der Waals surface area contributed by atoms with Gasteiger partial charge < -0.3 is 10.6 Å². The van der Waals surface area contributed by atoms with Gasteiger partial charge in [-0.05, 0) is 25.5 Å². The number of hydrogen-bond donors (Lipinski definition) is 2. The number of nitrogens with one attached hydrogen (secondary N) is 2. The first-order valence-corrected chi connectivity index (χ1v) is 5.62. The topological polar surface area (TPSA) is 41.1 Å². The first-order valence-electron chi connectivity index (χ1n) is 5.62. The standard InChI is InChI=1S/C12H14F2N2O.ClH/c13-9-4-3-8(10(14)6-9)7-16-12(17)11-2-1-5-15-11;/h3-4,6,11,15H,1-2,5,7H2,(H,16,17);1H. The molecule has 1 aliphatic rings. The molecule has 1 aliphatic heterocycles. The highest BCUT2D eigenvalue weighted by molar-refractivity contribution is 5.85. The van der Waals surface area contributed by atoms with Crippen molar-refractivity contribution >= 4 is 18.3 Å². The predicted octanol–water partition coefficient (Wildman–Crippen LogP) is 1.75. The number of amides is 1. The van der Waals surface area contributed by atoms with Gasteiger partial charge in [0.15, 0.2) is 0 Å². The van der Waals surface area contributed by atoms with Gasteiger partial charge in [-0.15, -0.1) is 12.4 Å². The minimum atomic E-state index is -0.635. The molecule has 1 unspecified atom stereocenters. The van der Waals surface area contributed by atoms with Gasteiger partial charge in [0.25, 0.3) is 0 Å². The van der Waals surface area contributed by atoms with Crippen molar-refractivity contribution in [1.29, 1.82) is 0 Å². The molecule has 0 aromatic heterocycles. The molecule has 2 N–H and O–H groups in total. The normalized spacial score (nSPS) is 18.2. The maximum Gasteiger partial charge on any atom is 0.237 e. The third-order valence-corrected chi connectivity index (χ3v) is 2.84. The molecule has 100 valence electrons. The van der Waals surface area contributed by atoms with Crippen LogP contribution in [0.3, 0.4) is 0 Å². The summed E-state index contributed by atoms with van der Waals surface area (Å²) in [6.07, 6.45) is 1.78. The van der Waals surface area contributed by atoms with Gasteiger partial charge >= 0.3 is 0 Å². The minimum Gasteiger partial charge on any atom is -0.351 e. The Balaban J connectivity index is 0.00000162. The zero-order chi connectivity index (χ0) is 12.3. The molecule has 1 aromatic carbocycles. The van der Waals surface area contributed by atoms with E-state index < -0.39 is 11.6 Å². The van der Waals surface area contributed by atoms with Crippen LogP contribution >= 0.6 is 12.4 Å². The van der Waals surface area contributed by atoms with E-state index in [1.165, 1.54) is 12.1 Å². The number of halogens is 3. The molecule has 0 aliphatic carbocycles. The summed E-state index contributed by atoms with van der Waals surface area (Å²) in [5, 5.41) is 5.69. The van der Waals surface area contributed by atoms with Crippen LogP contribution in [0.4, 0.5) is 8.78 Å². The Labute approximate surface area is 110 Å². The number of hydrogen-bond acceptors (Lipinski definition) is 2. The molecular formula is C12H15ClF2N2O. The van der Waals surface area contributed by atoms with Gasteiger partial charge in [-0.3, -0.25) is 4.79 Å². The van der Waals surface area contributed by atoms with E-state index in [0.29, 0.717) is 0 Å². The van der Waals surface area contributed by atoms with Gasteiger partial charge in [-0.2, -0.15) is 0 Å². The second-order valence-electron chi connectivity index (χ2n) is 4.10. The van der Waals surface area contributed by atoms with Crippen LogP contribution < -0.4 is 10.6 Å². The van der Waals surface area contributed by atoms with E-state index in [1.54, 1.807) is 0 Å². The van der Waals surface area contributed by atoms with Gasteiger partial charge in [0.1, 0.15) is 11.6 Å². The Kier molecular flexibility index (Phi) is 5.50. The highest BCUT2D eigenvalue weighted by Crippen LogP contribution is 2.10. The lowest BCUT2D eigenvalue weighted by atomic mass is 10.2. The smallest absolute Gasteiger partial charge is 0.237 e. The van der Waals surface area contributed by atoms with Crippen molar-refractivity contribution in [3.63, 3.8) is 0 Å². The first-order chi connectivity index (χ1) is 8.16. The van der Waals surface area contributed by atoms with E-state index >= 15 is 0 Å². The van der Waals surface area contributed by atoms with E-state index in [4.69, 9.17) is 0 Å². The van der Waals surface area contributed by atoms with Crippen molar-refractivity contribution in [1.82, 2.24) is 10.6 Å². The Bertz CT molecular complexity index is 423. The van der Waals surface area contributed by atoms with E-state index in [1.807, 2.05) is 0 Å². The number of rotatable bonds is 3. The van der Waals surface area contributed by atoms with Gasteiger partial charge in [0.05, 0.1) is 6.04 Å². The molecule has 0 spiro atoms. The van der Waals surface area contributed by atoms with Crippen LogP contribution in [0.1, 0.15) is 18.4 Å². The molecule has 1 heterocycles. The fraction of sp³-hybridized carbons (Fsp3) is 0.417. The van der Waals surface area contributed by atoms with E-state index in [9.17, 15) is 13.6 Å². The SMILES string of the molecule is Cl.O=C(NCc1ccc(F)cc1F)C1CCCN1. The summed E-state index contributed by atoms with van der Waals surface area (Å²) in [7, 11) is 0. The monoisotopic (exact) mass is 276 g/mol. The molecule has 0 radical (unpaired) electrons. The summed E-state index contributed by atoms with van der Waals surface area (Å²) in [5.74, 6) is -1.38. The number of carbonyl (C=O) groups is 1. The fourth-order valence-corrected chi connectivity index (χ4v) is 1.88. The second kappa shape index (κ2) is 6.66. The molecule has 1 aromatic rings. The molecule has 0 bridgehead atoms. The maximum atomic E-state index is 13.3. The molecule has 1 amide bonds. The zero-order valence-electron chi connectivity index (χ0n) is 9.71. The van der Waals surface area contributed by atoms with Crippen molar-refractivity contribution in [2.45, 2.75) is 25.4 Å². The van der Waals surface area contributed by atoms with Crippen molar-refractivity contribution in [3.05, 3.63) is 35.4 Å². The van der Waals surface area contributed by atoms with Gasteiger partial charge in [-0.25, -0.2) is 8.78 Å². The Morgan fingerprint density at radius 3 is 2.83 bits per heavy atom. The Hall–Kier alpha value is -1.20. The van der Waals surface area contributed by atoms with Crippen LogP contribution in [0.2, 0.25) is 0 Å². The predicted molar refractivity (Wildman–Crippen MR) is 66.5 cm³/mol. The molecule has 2 rings (SSSR count). The molecule has 1 atom stereocenters. The van der Waals surface area contributed by atoms with E-state index in [-0.39, 0.29) is 36.5 Å². The summed E-state index contributed by atoms with van der Waals surface area (Å²) in [5.41, 5.74) is 0.290. The van der Waals surface area contributed by atoms with Crippen molar-refractivity contribution in [2.75, 3.05) is 6.54 Å². The maximum absolute atomic E-state index is 13.3. The van der Waals surface area contributed by atoms with Gasteiger partial charge in [0.2, 0.25) is 5.91 Å². The Morgan fingerprint density at radius 1 is 1.44 bits per heavy atom. The summed E-state index contributed by atoms with van der Waals surface area (Å²) >= 11 is 0. The largest absolute Gasteiger partial charge is 0.351 e. The summed E-state index contributed by atoms with van der Waals surface area (Å²) in [6.45, 7) is 0.923. The third-order valence-electron chi connectivity index (χ3n) is 2.84. The lowest BCUT2D eigenvalue weighted by molar-refractivity contribution is -0.122. The molecule has 0 saturated carbocycles. The molecule has 3 nitrogen and oxygen atoms in total. The van der Waals surface area contributed by atoms with Crippen molar-refractivity contribution < 1.29 is 13.6 Å². The van der Waals surface area contributed by atoms with Crippen LogP contribution in [-0.4, -0.2) is 18.5 Å². The second-order valence-corrected chi connectivity index (χ2v) is 4.10. The molecule has 18 heavy (non-hydrogen) atoms. The van der Waals surface area contributed by atoms with Gasteiger partial charge in [-0.1, -0.05) is 6.07 Å². The van der Waals surface area contributed by atoms with Crippen LogP contribution in [0.15, 0.2) is 18.2 Å². The summed E-state index contributed by atoms with van der Waals surface area (Å²) < 4.78 is 25.9. The average Bonchev–Trinajstić information content (AvgIpc) is 2.81. The lowest BCUT2D eigenvalue weighted by Gasteiger charge is -2.11. The third kappa shape index (κ3) is 3.65. The van der Waals surface area contributed by atoms with E-state index in [2.05, 4.69) is 10.6 Å². The van der Waals surface area contributed by atoms with Crippen molar-refractivity contribution in [3.8, 4) is 0 Å². The summed E-state index contributed by atoms with van der Waals surface area (Å²) in [6, 6.07) is 3.15. The number of carbonyl (C=O) groups excluding carboxylic acids is 1. The average molecular weight is 277 g/mol. The molecular weight excluding hydrogens is 262 g/mol. The summed E-state index contributed by atoms with van der Waals surface area (Å²) in [4.78, 5) is 11.6. The molecule has 1 fully saturated rings. The molecule has 1 saturated heterocycles. The highest BCUT2D eigenvalue weighted by Gasteiger charge is 2.21. The van der Waals surface area contributed by atoms with Crippen LogP contribution in [0.25, 0.3) is 0 Å². The quantitative estimate of drug-likeness (QED) is 0.883. The van der Waals surface area contributed by atoms with E-state index in [0.717, 1.165) is 25.5 Å². The zero-order valence-corrected chi connectivity index (χ0v) is 10.5. The number of benzene rings is 1. The van der Waals surface area contributed by atoms with Crippen LogP contribution in [-0.2, 0) is 11.3 Å².